The van der Waals surface area contributed by atoms with E-state index in [2.05, 4.69) is 20.2 Å². The molecule has 142 valence electrons. The highest BCUT2D eigenvalue weighted by Crippen LogP contribution is 2.18. The molecule has 0 bridgehead atoms. The summed E-state index contributed by atoms with van der Waals surface area (Å²) in [5, 5.41) is 11.8. The molecule has 0 spiro atoms. The number of aliphatic imine (C=N–C) groups is 1. The molecule has 0 radical (unpaired) electrons. The molecule has 1 fully saturated rings. The van der Waals surface area contributed by atoms with Crippen LogP contribution in [0.1, 0.15) is 18.9 Å². The number of nitrogens with zero attached hydrogens (tertiary/aromatic N) is 3. The van der Waals surface area contributed by atoms with E-state index in [9.17, 15) is 4.79 Å². The standard InChI is InChI=1S/C20H25N5O2/c1-2-17(16-7-8-22-18-6-4-3-5-15(16)18)24-19(21)20(26)23-9-10-25-11-13-27-14-12-25/h3-8,21H,2,9-14H2,1H3,(H,23,26). The molecule has 1 saturated heterocycles. The lowest BCUT2D eigenvalue weighted by molar-refractivity contribution is -0.115. The Morgan fingerprint density at radius 2 is 2.07 bits per heavy atom. The number of nitrogens with one attached hydrogen (secondary N) is 2. The van der Waals surface area contributed by atoms with Gasteiger partial charge < -0.3 is 10.1 Å². The Balaban J connectivity index is 1.65. The number of carbonyl (C=O) groups excluding carboxylic acids is 1. The number of amides is 1. The molecule has 1 aromatic carbocycles. The monoisotopic (exact) mass is 367 g/mol. The van der Waals surface area contributed by atoms with Gasteiger partial charge in [0.05, 0.1) is 24.4 Å². The van der Waals surface area contributed by atoms with Gasteiger partial charge in [-0.3, -0.25) is 20.1 Å². The number of hydrogen-bond acceptors (Lipinski definition) is 5. The molecule has 1 amide bonds. The van der Waals surface area contributed by atoms with Crippen LogP contribution in [0, 0.1) is 5.41 Å². The van der Waals surface area contributed by atoms with Crippen LogP contribution in [-0.2, 0) is 9.53 Å². The first-order valence-corrected chi connectivity index (χ1v) is 9.27. The van der Waals surface area contributed by atoms with Gasteiger partial charge in [0, 0.05) is 43.3 Å². The summed E-state index contributed by atoms with van der Waals surface area (Å²) in [4.78, 5) is 23.1. The Morgan fingerprint density at radius 1 is 1.30 bits per heavy atom. The molecule has 2 N–H and O–H groups in total. The zero-order valence-corrected chi connectivity index (χ0v) is 15.6. The molecule has 0 aliphatic carbocycles. The summed E-state index contributed by atoms with van der Waals surface area (Å²) in [7, 11) is 0. The number of amidine groups is 1. The van der Waals surface area contributed by atoms with Gasteiger partial charge in [0.15, 0.2) is 0 Å². The van der Waals surface area contributed by atoms with Gasteiger partial charge in [0.2, 0.25) is 5.84 Å². The summed E-state index contributed by atoms with van der Waals surface area (Å²) < 4.78 is 5.31. The fraction of sp³-hybridized carbons (Fsp3) is 0.400. The van der Waals surface area contributed by atoms with Gasteiger partial charge in [-0.25, -0.2) is 4.99 Å². The van der Waals surface area contributed by atoms with Crippen LogP contribution in [0.5, 0.6) is 0 Å². The van der Waals surface area contributed by atoms with Crippen molar-refractivity contribution in [2.24, 2.45) is 4.99 Å². The number of pyridine rings is 1. The van der Waals surface area contributed by atoms with Crippen LogP contribution in [0.3, 0.4) is 0 Å². The minimum absolute atomic E-state index is 0.269. The lowest BCUT2D eigenvalue weighted by Gasteiger charge is -2.26. The summed E-state index contributed by atoms with van der Waals surface area (Å²) in [5.41, 5.74) is 2.49. The van der Waals surface area contributed by atoms with Gasteiger partial charge >= 0.3 is 0 Å². The minimum atomic E-state index is -0.451. The van der Waals surface area contributed by atoms with Crippen molar-refractivity contribution in [3.05, 3.63) is 42.1 Å². The molecule has 2 aromatic rings. The Hall–Kier alpha value is -2.64. The first-order chi connectivity index (χ1) is 13.2. The van der Waals surface area contributed by atoms with Crippen molar-refractivity contribution in [1.82, 2.24) is 15.2 Å². The number of hydrogen-bond donors (Lipinski definition) is 2. The zero-order chi connectivity index (χ0) is 19.1. The second-order valence-electron chi connectivity index (χ2n) is 6.35. The van der Waals surface area contributed by atoms with E-state index in [0.717, 1.165) is 49.3 Å². The highest BCUT2D eigenvalue weighted by atomic mass is 16.5. The number of morpholine rings is 1. The van der Waals surface area contributed by atoms with Crippen LogP contribution in [0.2, 0.25) is 0 Å². The number of ether oxygens (including phenoxy) is 1. The van der Waals surface area contributed by atoms with E-state index in [1.165, 1.54) is 0 Å². The number of fused-ring (bicyclic) bond motifs is 1. The summed E-state index contributed by atoms with van der Waals surface area (Å²) in [6, 6.07) is 9.69. The molecular weight excluding hydrogens is 342 g/mol. The quantitative estimate of drug-likeness (QED) is 0.623. The van der Waals surface area contributed by atoms with Crippen molar-refractivity contribution in [3.63, 3.8) is 0 Å². The number of carbonyl (C=O) groups is 1. The second-order valence-corrected chi connectivity index (χ2v) is 6.35. The molecule has 7 heteroatoms. The van der Waals surface area contributed by atoms with Gasteiger partial charge in [-0.1, -0.05) is 25.1 Å². The van der Waals surface area contributed by atoms with Gasteiger partial charge in [0.1, 0.15) is 0 Å². The van der Waals surface area contributed by atoms with Crippen LogP contribution in [0.15, 0.2) is 41.5 Å². The van der Waals surface area contributed by atoms with Crippen LogP contribution < -0.4 is 5.32 Å². The normalized spacial score (nSPS) is 15.7. The van der Waals surface area contributed by atoms with Crippen LogP contribution in [0.4, 0.5) is 0 Å². The van der Waals surface area contributed by atoms with Crippen molar-refractivity contribution >= 4 is 28.4 Å². The third-order valence-corrected chi connectivity index (χ3v) is 4.57. The van der Waals surface area contributed by atoms with Gasteiger partial charge in [-0.2, -0.15) is 0 Å². The first kappa shape index (κ1) is 19.1. The molecule has 0 atom stereocenters. The molecule has 27 heavy (non-hydrogen) atoms. The molecule has 7 nitrogen and oxygen atoms in total. The third-order valence-electron chi connectivity index (χ3n) is 4.57. The minimum Gasteiger partial charge on any atom is -0.379 e. The van der Waals surface area contributed by atoms with E-state index in [-0.39, 0.29) is 5.84 Å². The number of rotatable bonds is 5. The lowest BCUT2D eigenvalue weighted by atomic mass is 10.0. The van der Waals surface area contributed by atoms with Gasteiger partial charge in [0.25, 0.3) is 5.91 Å². The summed E-state index contributed by atoms with van der Waals surface area (Å²) in [6.45, 7) is 6.43. The largest absolute Gasteiger partial charge is 0.379 e. The van der Waals surface area contributed by atoms with Crippen molar-refractivity contribution in [2.45, 2.75) is 13.3 Å². The molecule has 1 aliphatic rings. The van der Waals surface area contributed by atoms with Crippen LogP contribution in [0.25, 0.3) is 10.9 Å². The van der Waals surface area contributed by atoms with E-state index in [0.29, 0.717) is 18.7 Å². The molecule has 1 aromatic heterocycles. The molecule has 0 saturated carbocycles. The fourth-order valence-corrected chi connectivity index (χ4v) is 3.10. The maximum atomic E-state index is 12.2. The Morgan fingerprint density at radius 3 is 2.85 bits per heavy atom. The average Bonchev–Trinajstić information content (AvgIpc) is 2.72. The second kappa shape index (κ2) is 9.34. The number of para-hydroxylation sites is 1. The topological polar surface area (TPSA) is 90.7 Å². The molecule has 3 rings (SSSR count). The highest BCUT2D eigenvalue weighted by molar-refractivity contribution is 6.39. The van der Waals surface area contributed by atoms with E-state index >= 15 is 0 Å². The van der Waals surface area contributed by atoms with E-state index in [1.807, 2.05) is 37.3 Å². The predicted molar refractivity (Wildman–Crippen MR) is 107 cm³/mol. The van der Waals surface area contributed by atoms with Crippen molar-refractivity contribution in [3.8, 4) is 0 Å². The summed E-state index contributed by atoms with van der Waals surface area (Å²) in [5.74, 6) is -0.720. The van der Waals surface area contributed by atoms with E-state index < -0.39 is 5.91 Å². The SMILES string of the molecule is CCC(=NC(=N)C(=O)NCCN1CCOCC1)c1ccnc2ccccc12. The van der Waals surface area contributed by atoms with E-state index in [4.69, 9.17) is 10.1 Å². The zero-order valence-electron chi connectivity index (χ0n) is 15.6. The lowest BCUT2D eigenvalue weighted by Crippen LogP contribution is -2.42. The van der Waals surface area contributed by atoms with Crippen molar-refractivity contribution in [2.75, 3.05) is 39.4 Å². The van der Waals surface area contributed by atoms with Gasteiger partial charge in [-0.05, 0) is 18.6 Å². The van der Waals surface area contributed by atoms with E-state index in [1.54, 1.807) is 6.20 Å². The fourth-order valence-electron chi connectivity index (χ4n) is 3.10. The highest BCUT2D eigenvalue weighted by Gasteiger charge is 2.14. The third kappa shape index (κ3) is 4.96. The molecule has 0 unspecified atom stereocenters. The number of aromatic nitrogens is 1. The maximum Gasteiger partial charge on any atom is 0.288 e. The Labute approximate surface area is 159 Å². The molecular formula is C20H25N5O2. The predicted octanol–water partition coefficient (Wildman–Crippen LogP) is 1.86. The maximum absolute atomic E-state index is 12.2. The van der Waals surface area contributed by atoms with Crippen LogP contribution in [-0.4, -0.2) is 66.7 Å². The smallest absolute Gasteiger partial charge is 0.288 e. The number of benzene rings is 1. The Bertz CT molecular complexity index is 838. The summed E-state index contributed by atoms with van der Waals surface area (Å²) in [6.07, 6.45) is 2.35. The first-order valence-electron chi connectivity index (χ1n) is 9.27. The average molecular weight is 367 g/mol. The van der Waals surface area contributed by atoms with Crippen LogP contribution >= 0.6 is 0 Å². The summed E-state index contributed by atoms with van der Waals surface area (Å²) >= 11 is 0. The van der Waals surface area contributed by atoms with Crippen molar-refractivity contribution in [1.29, 1.82) is 5.41 Å². The Kier molecular flexibility index (Phi) is 6.62. The van der Waals surface area contributed by atoms with Gasteiger partial charge in [-0.15, -0.1) is 0 Å². The molecule has 1 aliphatic heterocycles. The van der Waals surface area contributed by atoms with Crippen molar-refractivity contribution < 1.29 is 9.53 Å². The molecule has 2 heterocycles.